The first-order chi connectivity index (χ1) is 8.77. The number of halogens is 1. The summed E-state index contributed by atoms with van der Waals surface area (Å²) in [7, 11) is 1.65. The van der Waals surface area contributed by atoms with Crippen LogP contribution in [0.15, 0.2) is 18.2 Å². The Kier molecular flexibility index (Phi) is 4.83. The molecule has 18 heavy (non-hydrogen) atoms. The maximum absolute atomic E-state index is 6.31. The van der Waals surface area contributed by atoms with Gasteiger partial charge in [-0.05, 0) is 12.1 Å². The van der Waals surface area contributed by atoms with Crippen molar-refractivity contribution in [2.24, 2.45) is 5.73 Å². The molecule has 100 valence electrons. The largest absolute Gasteiger partial charge is 0.496 e. The number of morpholine rings is 1. The molecule has 1 aromatic carbocycles. The number of nitrogens with two attached hydrogens (primary N) is 1. The monoisotopic (exact) mass is 270 g/mol. The lowest BCUT2D eigenvalue weighted by Crippen LogP contribution is -2.42. The van der Waals surface area contributed by atoms with Crippen molar-refractivity contribution in [1.29, 1.82) is 0 Å². The van der Waals surface area contributed by atoms with Gasteiger partial charge in [0.2, 0.25) is 0 Å². The summed E-state index contributed by atoms with van der Waals surface area (Å²) in [4.78, 5) is 2.30. The highest BCUT2D eigenvalue weighted by Crippen LogP contribution is 2.35. The number of nitrogens with zero attached hydrogens (tertiary/aromatic N) is 1. The van der Waals surface area contributed by atoms with Crippen LogP contribution < -0.4 is 10.5 Å². The quantitative estimate of drug-likeness (QED) is 0.904. The van der Waals surface area contributed by atoms with Crippen LogP contribution in [0.1, 0.15) is 11.6 Å². The van der Waals surface area contributed by atoms with Crippen LogP contribution in [-0.4, -0.2) is 44.9 Å². The Balaban J connectivity index is 2.31. The van der Waals surface area contributed by atoms with Crippen LogP contribution >= 0.6 is 11.6 Å². The molecule has 1 unspecified atom stereocenters. The van der Waals surface area contributed by atoms with Gasteiger partial charge in [-0.2, -0.15) is 0 Å². The minimum atomic E-state index is 0.0811. The summed E-state index contributed by atoms with van der Waals surface area (Å²) in [6.45, 7) is 3.74. The molecule has 2 rings (SSSR count). The summed E-state index contributed by atoms with van der Waals surface area (Å²) in [5, 5.41) is 0.705. The third-order valence-corrected chi connectivity index (χ3v) is 3.61. The van der Waals surface area contributed by atoms with Crippen molar-refractivity contribution in [2.45, 2.75) is 6.04 Å². The van der Waals surface area contributed by atoms with E-state index in [2.05, 4.69) is 4.90 Å². The van der Waals surface area contributed by atoms with Crippen molar-refractivity contribution < 1.29 is 9.47 Å². The highest BCUT2D eigenvalue weighted by molar-refractivity contribution is 6.31. The van der Waals surface area contributed by atoms with Crippen molar-refractivity contribution in [2.75, 3.05) is 40.0 Å². The summed E-state index contributed by atoms with van der Waals surface area (Å²) < 4.78 is 10.8. The lowest BCUT2D eigenvalue weighted by atomic mass is 10.0. The van der Waals surface area contributed by atoms with Crippen molar-refractivity contribution in [3.8, 4) is 5.75 Å². The number of rotatable bonds is 4. The van der Waals surface area contributed by atoms with Gasteiger partial charge in [0.15, 0.2) is 0 Å². The average Bonchev–Trinajstić information content (AvgIpc) is 2.42. The Hall–Kier alpha value is -0.810. The lowest BCUT2D eigenvalue weighted by molar-refractivity contribution is 0.0174. The molecule has 0 bridgehead atoms. The van der Waals surface area contributed by atoms with Crippen molar-refractivity contribution in [1.82, 2.24) is 4.90 Å². The van der Waals surface area contributed by atoms with Gasteiger partial charge in [0, 0.05) is 30.2 Å². The Morgan fingerprint density at radius 2 is 2.17 bits per heavy atom. The van der Waals surface area contributed by atoms with Gasteiger partial charge < -0.3 is 15.2 Å². The van der Waals surface area contributed by atoms with Crippen LogP contribution in [0.25, 0.3) is 0 Å². The standard InChI is InChI=1S/C13H19ClN2O2/c1-17-12-4-2-3-10(14)13(12)11(9-15)16-5-7-18-8-6-16/h2-4,11H,5-9,15H2,1H3. The summed E-state index contributed by atoms with van der Waals surface area (Å²) in [5.74, 6) is 0.796. The van der Waals surface area contributed by atoms with E-state index in [4.69, 9.17) is 26.8 Å². The number of ether oxygens (including phenoxy) is 2. The zero-order chi connectivity index (χ0) is 13.0. The minimum Gasteiger partial charge on any atom is -0.496 e. The van der Waals surface area contributed by atoms with E-state index in [-0.39, 0.29) is 6.04 Å². The molecule has 1 saturated heterocycles. The highest BCUT2D eigenvalue weighted by atomic mass is 35.5. The van der Waals surface area contributed by atoms with Crippen LogP contribution in [0.4, 0.5) is 0 Å². The third kappa shape index (κ3) is 2.78. The normalized spacial score (nSPS) is 18.6. The van der Waals surface area contributed by atoms with Crippen molar-refractivity contribution >= 4 is 11.6 Å². The van der Waals surface area contributed by atoms with Gasteiger partial charge in [-0.3, -0.25) is 4.90 Å². The first-order valence-corrected chi connectivity index (χ1v) is 6.50. The summed E-state index contributed by atoms with van der Waals surface area (Å²) >= 11 is 6.31. The van der Waals surface area contributed by atoms with E-state index >= 15 is 0 Å². The molecule has 1 atom stereocenters. The van der Waals surface area contributed by atoms with E-state index in [0.29, 0.717) is 11.6 Å². The van der Waals surface area contributed by atoms with Crippen molar-refractivity contribution in [3.63, 3.8) is 0 Å². The molecule has 1 aliphatic rings. The fraction of sp³-hybridized carbons (Fsp3) is 0.538. The molecule has 0 spiro atoms. The molecule has 0 radical (unpaired) electrons. The lowest BCUT2D eigenvalue weighted by Gasteiger charge is -2.35. The zero-order valence-electron chi connectivity index (χ0n) is 10.6. The first-order valence-electron chi connectivity index (χ1n) is 6.12. The molecule has 1 aromatic rings. The predicted octanol–water partition coefficient (Wildman–Crippen LogP) is 1.68. The fourth-order valence-corrected chi connectivity index (χ4v) is 2.65. The zero-order valence-corrected chi connectivity index (χ0v) is 11.3. The van der Waals surface area contributed by atoms with E-state index < -0.39 is 0 Å². The Labute approximate surface area is 113 Å². The Morgan fingerprint density at radius 3 is 2.78 bits per heavy atom. The van der Waals surface area contributed by atoms with Crippen LogP contribution in [0.5, 0.6) is 5.75 Å². The maximum atomic E-state index is 6.31. The molecular formula is C13H19ClN2O2. The van der Waals surface area contributed by atoms with Gasteiger partial charge in [-0.1, -0.05) is 17.7 Å². The van der Waals surface area contributed by atoms with Crippen LogP contribution in [0.2, 0.25) is 5.02 Å². The van der Waals surface area contributed by atoms with E-state index in [1.165, 1.54) is 0 Å². The molecule has 2 N–H and O–H groups in total. The number of benzene rings is 1. The molecule has 1 aliphatic heterocycles. The van der Waals surface area contributed by atoms with Gasteiger partial charge in [0.05, 0.1) is 26.4 Å². The van der Waals surface area contributed by atoms with Gasteiger partial charge in [0.1, 0.15) is 5.75 Å². The second-order valence-electron chi connectivity index (χ2n) is 4.26. The second kappa shape index (κ2) is 6.38. The molecule has 0 amide bonds. The number of hydrogen-bond donors (Lipinski definition) is 1. The molecule has 0 aliphatic carbocycles. The number of hydrogen-bond acceptors (Lipinski definition) is 4. The van der Waals surface area contributed by atoms with Gasteiger partial charge in [-0.25, -0.2) is 0 Å². The summed E-state index contributed by atoms with van der Waals surface area (Å²) in [5.41, 5.74) is 6.91. The summed E-state index contributed by atoms with van der Waals surface area (Å²) in [6, 6.07) is 5.77. The Bertz CT molecular complexity index is 395. The second-order valence-corrected chi connectivity index (χ2v) is 4.66. The minimum absolute atomic E-state index is 0.0811. The van der Waals surface area contributed by atoms with E-state index in [0.717, 1.165) is 37.6 Å². The first kappa shape index (κ1) is 13.6. The molecule has 4 nitrogen and oxygen atoms in total. The molecular weight excluding hydrogens is 252 g/mol. The van der Waals surface area contributed by atoms with Crippen LogP contribution in [0, 0.1) is 0 Å². The van der Waals surface area contributed by atoms with E-state index in [9.17, 15) is 0 Å². The molecule has 5 heteroatoms. The summed E-state index contributed by atoms with van der Waals surface area (Å²) in [6.07, 6.45) is 0. The third-order valence-electron chi connectivity index (χ3n) is 3.28. The van der Waals surface area contributed by atoms with Gasteiger partial charge in [-0.15, -0.1) is 0 Å². The molecule has 0 saturated carbocycles. The van der Waals surface area contributed by atoms with Crippen molar-refractivity contribution in [3.05, 3.63) is 28.8 Å². The van der Waals surface area contributed by atoms with Gasteiger partial charge >= 0.3 is 0 Å². The number of methoxy groups -OCH3 is 1. The average molecular weight is 271 g/mol. The van der Waals surface area contributed by atoms with E-state index in [1.807, 2.05) is 18.2 Å². The van der Waals surface area contributed by atoms with E-state index in [1.54, 1.807) is 7.11 Å². The Morgan fingerprint density at radius 1 is 1.44 bits per heavy atom. The SMILES string of the molecule is COc1cccc(Cl)c1C(CN)N1CCOCC1. The topological polar surface area (TPSA) is 47.7 Å². The molecule has 0 aromatic heterocycles. The van der Waals surface area contributed by atoms with Crippen LogP contribution in [-0.2, 0) is 4.74 Å². The van der Waals surface area contributed by atoms with Gasteiger partial charge in [0.25, 0.3) is 0 Å². The molecule has 1 heterocycles. The fourth-order valence-electron chi connectivity index (χ4n) is 2.36. The highest BCUT2D eigenvalue weighted by Gasteiger charge is 2.25. The maximum Gasteiger partial charge on any atom is 0.125 e. The molecule has 1 fully saturated rings. The van der Waals surface area contributed by atoms with Crippen LogP contribution in [0.3, 0.4) is 0 Å². The smallest absolute Gasteiger partial charge is 0.125 e. The predicted molar refractivity (Wildman–Crippen MR) is 72.2 cm³/mol.